The molecule has 10 heteroatoms. The Kier molecular flexibility index (Phi) is 7.19. The lowest BCUT2D eigenvalue weighted by Gasteiger charge is -2.31. The maximum atomic E-state index is 12.3. The highest BCUT2D eigenvalue weighted by Gasteiger charge is 2.24. The summed E-state index contributed by atoms with van der Waals surface area (Å²) in [6.45, 7) is 4.67. The Morgan fingerprint density at radius 3 is 2.31 bits per heavy atom. The first-order chi connectivity index (χ1) is 16.8. The average molecular weight is 477 g/mol. The summed E-state index contributed by atoms with van der Waals surface area (Å²) in [5.74, 6) is -0.789. The number of hydrogen-bond donors (Lipinski definition) is 3. The molecule has 0 atom stereocenters. The number of rotatable bonds is 7. The molecular formula is C25H28N6O4. The van der Waals surface area contributed by atoms with Crippen molar-refractivity contribution in [3.05, 3.63) is 59.4 Å². The molecule has 1 aliphatic rings. The number of piperidine rings is 1. The topological polar surface area (TPSA) is 141 Å². The van der Waals surface area contributed by atoms with Gasteiger partial charge < -0.3 is 20.4 Å². The summed E-state index contributed by atoms with van der Waals surface area (Å²) in [6, 6.07) is 8.26. The lowest BCUT2D eigenvalue weighted by Crippen LogP contribution is -2.35. The van der Waals surface area contributed by atoms with Crippen molar-refractivity contribution < 1.29 is 19.8 Å². The average Bonchev–Trinajstić information content (AvgIpc) is 2.86. The van der Waals surface area contributed by atoms with Gasteiger partial charge in [0, 0.05) is 37.5 Å². The summed E-state index contributed by atoms with van der Waals surface area (Å²) in [5, 5.41) is 21.2. The van der Waals surface area contributed by atoms with Gasteiger partial charge in [-0.25, -0.2) is 19.9 Å². The third-order valence-electron chi connectivity index (χ3n) is 6.11. The Balaban J connectivity index is 1.36. The number of nitrogens with one attached hydrogen (secondary N) is 1. The Labute approximate surface area is 203 Å². The highest BCUT2D eigenvalue weighted by Crippen LogP contribution is 2.26. The second-order valence-electron chi connectivity index (χ2n) is 8.77. The normalized spacial score (nSPS) is 14.1. The molecule has 3 heterocycles. The standard InChI is InChI=1S/C25H28N6O4/c1-15-3-5-18(6-4-15)19-12-27-25(28-13-19)31-9-7-17(8-10-31)11-20-29-16(2)23(34)22(30-20)24(35)26-14-21(32)33/h3-6,12-13,17,34H,7-11,14H2,1-2H3,(H,26,35)(H,32,33). The summed E-state index contributed by atoms with van der Waals surface area (Å²) in [4.78, 5) is 42.8. The first-order valence-electron chi connectivity index (χ1n) is 11.5. The van der Waals surface area contributed by atoms with Crippen molar-refractivity contribution in [1.29, 1.82) is 0 Å². The van der Waals surface area contributed by atoms with E-state index in [0.717, 1.165) is 37.1 Å². The molecule has 3 aromatic rings. The fraction of sp³-hybridized carbons (Fsp3) is 0.360. The van der Waals surface area contributed by atoms with Crippen LogP contribution in [0, 0.1) is 19.8 Å². The predicted octanol–water partition coefficient (Wildman–Crippen LogP) is 2.53. The van der Waals surface area contributed by atoms with Crippen LogP contribution in [-0.2, 0) is 11.2 Å². The molecule has 0 bridgehead atoms. The summed E-state index contributed by atoms with van der Waals surface area (Å²) in [6.07, 6.45) is 6.02. The minimum atomic E-state index is -1.18. The molecule has 4 rings (SSSR count). The zero-order valence-corrected chi connectivity index (χ0v) is 19.7. The number of aliphatic carboxylic acids is 1. The van der Waals surface area contributed by atoms with Crippen molar-refractivity contribution in [3.63, 3.8) is 0 Å². The molecule has 0 saturated carbocycles. The third kappa shape index (κ3) is 5.89. The molecular weight excluding hydrogens is 448 g/mol. The van der Waals surface area contributed by atoms with Crippen LogP contribution in [-0.4, -0.2) is 61.7 Å². The van der Waals surface area contributed by atoms with E-state index < -0.39 is 18.4 Å². The van der Waals surface area contributed by atoms with Crippen LogP contribution >= 0.6 is 0 Å². The summed E-state index contributed by atoms with van der Waals surface area (Å²) < 4.78 is 0. The maximum Gasteiger partial charge on any atom is 0.322 e. The van der Waals surface area contributed by atoms with Gasteiger partial charge in [0.15, 0.2) is 11.4 Å². The Hall–Kier alpha value is -4.08. The van der Waals surface area contributed by atoms with Crippen LogP contribution in [0.2, 0.25) is 0 Å². The number of aryl methyl sites for hydroxylation is 2. The third-order valence-corrected chi connectivity index (χ3v) is 6.11. The lowest BCUT2D eigenvalue weighted by atomic mass is 9.93. The molecule has 0 spiro atoms. The number of aromatic nitrogens is 4. The van der Waals surface area contributed by atoms with E-state index in [1.54, 1.807) is 6.92 Å². The molecule has 1 aliphatic heterocycles. The predicted molar refractivity (Wildman–Crippen MR) is 129 cm³/mol. The number of anilines is 1. The molecule has 1 aromatic carbocycles. The number of hydrogen-bond acceptors (Lipinski definition) is 8. The molecule has 1 fully saturated rings. The van der Waals surface area contributed by atoms with Crippen LogP contribution in [0.1, 0.15) is 40.4 Å². The molecule has 0 radical (unpaired) electrons. The van der Waals surface area contributed by atoms with E-state index in [0.29, 0.717) is 24.1 Å². The second kappa shape index (κ2) is 10.5. The number of carboxylic acids is 1. The molecule has 1 saturated heterocycles. The van der Waals surface area contributed by atoms with Crippen LogP contribution in [0.25, 0.3) is 11.1 Å². The summed E-state index contributed by atoms with van der Waals surface area (Å²) >= 11 is 0. The fourth-order valence-electron chi connectivity index (χ4n) is 4.09. The fourth-order valence-corrected chi connectivity index (χ4v) is 4.09. The van der Waals surface area contributed by atoms with E-state index in [2.05, 4.69) is 61.3 Å². The van der Waals surface area contributed by atoms with E-state index >= 15 is 0 Å². The zero-order valence-electron chi connectivity index (χ0n) is 19.7. The minimum Gasteiger partial charge on any atom is -0.504 e. The van der Waals surface area contributed by atoms with E-state index in [-0.39, 0.29) is 17.1 Å². The molecule has 0 aliphatic carbocycles. The Morgan fingerprint density at radius 2 is 1.69 bits per heavy atom. The van der Waals surface area contributed by atoms with Crippen molar-refractivity contribution in [2.24, 2.45) is 5.92 Å². The first-order valence-corrected chi connectivity index (χ1v) is 11.5. The summed E-state index contributed by atoms with van der Waals surface area (Å²) in [7, 11) is 0. The minimum absolute atomic E-state index is 0.201. The number of nitrogens with zero attached hydrogens (tertiary/aromatic N) is 5. The number of aromatic hydroxyl groups is 1. The number of carboxylic acid groups (broad SMARTS) is 1. The van der Waals surface area contributed by atoms with Crippen LogP contribution < -0.4 is 10.2 Å². The van der Waals surface area contributed by atoms with Gasteiger partial charge in [-0.3, -0.25) is 9.59 Å². The number of amides is 1. The largest absolute Gasteiger partial charge is 0.504 e. The van der Waals surface area contributed by atoms with E-state index in [1.165, 1.54) is 5.56 Å². The van der Waals surface area contributed by atoms with Crippen molar-refractivity contribution in [3.8, 4) is 16.9 Å². The van der Waals surface area contributed by atoms with Gasteiger partial charge in [-0.05, 0) is 38.2 Å². The van der Waals surface area contributed by atoms with Gasteiger partial charge in [-0.15, -0.1) is 0 Å². The molecule has 2 aromatic heterocycles. The molecule has 182 valence electrons. The van der Waals surface area contributed by atoms with Crippen molar-refractivity contribution in [2.75, 3.05) is 24.5 Å². The van der Waals surface area contributed by atoms with Gasteiger partial charge in [0.2, 0.25) is 5.95 Å². The van der Waals surface area contributed by atoms with Crippen LogP contribution in [0.5, 0.6) is 5.75 Å². The SMILES string of the molecule is Cc1ccc(-c2cnc(N3CCC(Cc4nc(C)c(O)c(C(=O)NCC(=O)O)n4)CC3)nc2)cc1. The van der Waals surface area contributed by atoms with Gasteiger partial charge in [0.05, 0.1) is 5.69 Å². The van der Waals surface area contributed by atoms with E-state index in [9.17, 15) is 14.7 Å². The lowest BCUT2D eigenvalue weighted by molar-refractivity contribution is -0.135. The molecule has 35 heavy (non-hydrogen) atoms. The smallest absolute Gasteiger partial charge is 0.322 e. The number of carbonyl (C=O) groups excluding carboxylic acids is 1. The molecule has 3 N–H and O–H groups in total. The Bertz CT molecular complexity index is 1210. The molecule has 1 amide bonds. The maximum absolute atomic E-state index is 12.3. The monoisotopic (exact) mass is 476 g/mol. The number of carbonyl (C=O) groups is 2. The summed E-state index contributed by atoms with van der Waals surface area (Å²) in [5.41, 5.74) is 3.36. The second-order valence-corrected chi connectivity index (χ2v) is 8.77. The van der Waals surface area contributed by atoms with Crippen LogP contribution in [0.3, 0.4) is 0 Å². The van der Waals surface area contributed by atoms with Crippen molar-refractivity contribution in [1.82, 2.24) is 25.3 Å². The van der Waals surface area contributed by atoms with Crippen LogP contribution in [0.4, 0.5) is 5.95 Å². The van der Waals surface area contributed by atoms with E-state index in [1.807, 2.05) is 12.4 Å². The number of benzene rings is 1. The van der Waals surface area contributed by atoms with Crippen molar-refractivity contribution >= 4 is 17.8 Å². The highest BCUT2D eigenvalue weighted by molar-refractivity contribution is 5.96. The first kappa shape index (κ1) is 24.1. The van der Waals surface area contributed by atoms with Gasteiger partial charge in [-0.1, -0.05) is 29.8 Å². The van der Waals surface area contributed by atoms with E-state index in [4.69, 9.17) is 5.11 Å². The van der Waals surface area contributed by atoms with Gasteiger partial charge in [0.25, 0.3) is 5.91 Å². The van der Waals surface area contributed by atoms with Crippen molar-refractivity contribution in [2.45, 2.75) is 33.1 Å². The Morgan fingerprint density at radius 1 is 1.03 bits per heavy atom. The van der Waals surface area contributed by atoms with Gasteiger partial charge in [0.1, 0.15) is 12.4 Å². The van der Waals surface area contributed by atoms with Gasteiger partial charge >= 0.3 is 5.97 Å². The molecule has 10 nitrogen and oxygen atoms in total. The van der Waals surface area contributed by atoms with Gasteiger partial charge in [-0.2, -0.15) is 0 Å². The quantitative estimate of drug-likeness (QED) is 0.469. The molecule has 0 unspecified atom stereocenters. The van der Waals surface area contributed by atoms with Crippen LogP contribution in [0.15, 0.2) is 36.7 Å². The highest BCUT2D eigenvalue weighted by atomic mass is 16.4. The zero-order chi connectivity index (χ0) is 24.9.